The van der Waals surface area contributed by atoms with Gasteiger partial charge in [-0.25, -0.2) is 0 Å². The highest BCUT2D eigenvalue weighted by Gasteiger charge is 2.28. The average Bonchev–Trinajstić information content (AvgIpc) is 3.43. The van der Waals surface area contributed by atoms with Gasteiger partial charge in [0.25, 0.3) is 0 Å². The molecule has 0 saturated heterocycles. The Morgan fingerprint density at radius 1 is 1.12 bits per heavy atom. The van der Waals surface area contributed by atoms with Crippen LogP contribution in [0.2, 0.25) is 0 Å². The first-order valence-corrected chi connectivity index (χ1v) is 8.94. The maximum Gasteiger partial charge on any atom is 0.247 e. The lowest BCUT2D eigenvalue weighted by atomic mass is 10.1. The van der Waals surface area contributed by atoms with Crippen LogP contribution in [-0.4, -0.2) is 18.1 Å². The van der Waals surface area contributed by atoms with Gasteiger partial charge in [0, 0.05) is 11.7 Å². The van der Waals surface area contributed by atoms with E-state index in [2.05, 4.69) is 10.6 Å². The Labute approximate surface area is 149 Å². The highest BCUT2D eigenvalue weighted by molar-refractivity contribution is 5.86. The molecule has 0 aliphatic heterocycles. The molecule has 1 amide bonds. The van der Waals surface area contributed by atoms with Gasteiger partial charge in [-0.3, -0.25) is 4.79 Å². The van der Waals surface area contributed by atoms with Crippen molar-refractivity contribution < 1.29 is 9.53 Å². The number of ether oxygens (including phenoxy) is 1. The number of nitrogens with one attached hydrogen (secondary N) is 2. The Bertz CT molecular complexity index is 696. The van der Waals surface area contributed by atoms with E-state index in [0.29, 0.717) is 12.6 Å². The van der Waals surface area contributed by atoms with E-state index in [-0.39, 0.29) is 12.0 Å². The number of hydrogen-bond donors (Lipinski definition) is 2. The van der Waals surface area contributed by atoms with E-state index in [1.807, 2.05) is 68.4 Å². The number of hydrogen-bond acceptors (Lipinski definition) is 3. The van der Waals surface area contributed by atoms with E-state index in [9.17, 15) is 4.79 Å². The largest absolute Gasteiger partial charge is 0.374 e. The standard InChI is InChI=1S/C21H26N2O2/c1-15(2)25-14-16-7-6-10-19(13-16)22-20(17-8-4-3-5-9-17)21(24)23-18-11-12-18/h3-10,13,15,18,20,22H,11-12,14H2,1-2H3,(H,23,24)/t20-/m1/s1. The molecule has 1 saturated carbocycles. The van der Waals surface area contributed by atoms with Gasteiger partial charge in [0.15, 0.2) is 0 Å². The van der Waals surface area contributed by atoms with Crippen molar-refractivity contribution in [2.45, 2.75) is 51.5 Å². The maximum atomic E-state index is 12.7. The third-order valence-corrected chi connectivity index (χ3v) is 4.14. The van der Waals surface area contributed by atoms with Crippen LogP contribution in [0.1, 0.15) is 43.9 Å². The van der Waals surface area contributed by atoms with Crippen molar-refractivity contribution in [2.24, 2.45) is 0 Å². The van der Waals surface area contributed by atoms with Crippen molar-refractivity contribution in [3.63, 3.8) is 0 Å². The minimum absolute atomic E-state index is 0.0255. The lowest BCUT2D eigenvalue weighted by Gasteiger charge is -2.20. The summed E-state index contributed by atoms with van der Waals surface area (Å²) in [5.74, 6) is 0.0255. The smallest absolute Gasteiger partial charge is 0.247 e. The van der Waals surface area contributed by atoms with Gasteiger partial charge in [-0.05, 0) is 49.9 Å². The molecule has 0 spiro atoms. The van der Waals surface area contributed by atoms with E-state index in [1.54, 1.807) is 0 Å². The molecule has 0 heterocycles. The van der Waals surface area contributed by atoms with Gasteiger partial charge in [-0.15, -0.1) is 0 Å². The summed E-state index contributed by atoms with van der Waals surface area (Å²) in [6.45, 7) is 4.61. The molecule has 2 aromatic rings. The molecule has 25 heavy (non-hydrogen) atoms. The van der Waals surface area contributed by atoms with Gasteiger partial charge in [0.2, 0.25) is 5.91 Å². The number of benzene rings is 2. The van der Waals surface area contributed by atoms with E-state index in [1.165, 1.54) is 0 Å². The molecule has 4 heteroatoms. The molecule has 1 atom stereocenters. The second-order valence-electron chi connectivity index (χ2n) is 6.83. The first kappa shape index (κ1) is 17.5. The van der Waals surface area contributed by atoms with Crippen LogP contribution in [-0.2, 0) is 16.1 Å². The first-order chi connectivity index (χ1) is 12.1. The van der Waals surface area contributed by atoms with Crippen LogP contribution in [0.5, 0.6) is 0 Å². The molecule has 2 aromatic carbocycles. The molecule has 0 unspecified atom stereocenters. The summed E-state index contributed by atoms with van der Waals surface area (Å²) in [5, 5.41) is 6.49. The Hall–Kier alpha value is -2.33. The van der Waals surface area contributed by atoms with Gasteiger partial charge in [-0.1, -0.05) is 42.5 Å². The van der Waals surface area contributed by atoms with Gasteiger partial charge in [0.05, 0.1) is 12.7 Å². The van der Waals surface area contributed by atoms with E-state index in [4.69, 9.17) is 4.74 Å². The molecule has 2 N–H and O–H groups in total. The average molecular weight is 338 g/mol. The quantitative estimate of drug-likeness (QED) is 0.764. The lowest BCUT2D eigenvalue weighted by Crippen LogP contribution is -2.34. The van der Waals surface area contributed by atoms with Crippen LogP contribution in [0.15, 0.2) is 54.6 Å². The number of carbonyl (C=O) groups is 1. The summed E-state index contributed by atoms with van der Waals surface area (Å²) < 4.78 is 5.67. The van der Waals surface area contributed by atoms with Crippen LogP contribution in [0, 0.1) is 0 Å². The molecular weight excluding hydrogens is 312 g/mol. The molecule has 0 bridgehead atoms. The van der Waals surface area contributed by atoms with Crippen molar-refractivity contribution in [3.8, 4) is 0 Å². The Morgan fingerprint density at radius 2 is 1.88 bits per heavy atom. The van der Waals surface area contributed by atoms with Crippen molar-refractivity contribution in [1.29, 1.82) is 0 Å². The lowest BCUT2D eigenvalue weighted by molar-refractivity contribution is -0.122. The van der Waals surface area contributed by atoms with Crippen molar-refractivity contribution >= 4 is 11.6 Å². The van der Waals surface area contributed by atoms with Gasteiger partial charge >= 0.3 is 0 Å². The van der Waals surface area contributed by atoms with Crippen LogP contribution >= 0.6 is 0 Å². The predicted octanol–water partition coefficient (Wildman–Crippen LogP) is 4.04. The van der Waals surface area contributed by atoms with Crippen LogP contribution in [0.4, 0.5) is 5.69 Å². The Kier molecular flexibility index (Phi) is 5.71. The molecule has 4 nitrogen and oxygen atoms in total. The van der Waals surface area contributed by atoms with E-state index >= 15 is 0 Å². The van der Waals surface area contributed by atoms with Gasteiger partial charge in [0.1, 0.15) is 6.04 Å². The summed E-state index contributed by atoms with van der Waals surface area (Å²) in [4.78, 5) is 12.7. The minimum Gasteiger partial charge on any atom is -0.374 e. The fraction of sp³-hybridized carbons (Fsp3) is 0.381. The summed E-state index contributed by atoms with van der Waals surface area (Å²) in [6, 6.07) is 17.8. The summed E-state index contributed by atoms with van der Waals surface area (Å²) in [6.07, 6.45) is 2.35. The normalized spacial score (nSPS) is 15.0. The highest BCUT2D eigenvalue weighted by atomic mass is 16.5. The van der Waals surface area contributed by atoms with Crippen molar-refractivity contribution in [3.05, 3.63) is 65.7 Å². The van der Waals surface area contributed by atoms with Crippen molar-refractivity contribution in [2.75, 3.05) is 5.32 Å². The monoisotopic (exact) mass is 338 g/mol. The van der Waals surface area contributed by atoms with Gasteiger partial charge in [-0.2, -0.15) is 0 Å². The third kappa shape index (κ3) is 5.33. The number of anilines is 1. The van der Waals surface area contributed by atoms with E-state index in [0.717, 1.165) is 29.7 Å². The zero-order chi connectivity index (χ0) is 17.6. The molecule has 1 aliphatic carbocycles. The second kappa shape index (κ2) is 8.17. The molecular formula is C21H26N2O2. The zero-order valence-electron chi connectivity index (χ0n) is 14.9. The minimum atomic E-state index is -0.400. The number of rotatable bonds is 8. The van der Waals surface area contributed by atoms with Crippen molar-refractivity contribution in [1.82, 2.24) is 5.32 Å². The molecule has 0 aromatic heterocycles. The van der Waals surface area contributed by atoms with Crippen LogP contribution < -0.4 is 10.6 Å². The summed E-state index contributed by atoms with van der Waals surface area (Å²) in [5.41, 5.74) is 2.97. The maximum absolute atomic E-state index is 12.7. The molecule has 132 valence electrons. The fourth-order valence-corrected chi connectivity index (χ4v) is 2.64. The summed E-state index contributed by atoms with van der Waals surface area (Å²) in [7, 11) is 0. The number of amides is 1. The summed E-state index contributed by atoms with van der Waals surface area (Å²) >= 11 is 0. The molecule has 1 aliphatic rings. The number of carbonyl (C=O) groups excluding carboxylic acids is 1. The van der Waals surface area contributed by atoms with E-state index < -0.39 is 6.04 Å². The van der Waals surface area contributed by atoms with Crippen LogP contribution in [0.25, 0.3) is 0 Å². The zero-order valence-corrected chi connectivity index (χ0v) is 14.9. The molecule has 0 radical (unpaired) electrons. The Morgan fingerprint density at radius 3 is 2.56 bits per heavy atom. The molecule has 1 fully saturated rings. The SMILES string of the molecule is CC(C)OCc1cccc(N[C@@H](C(=O)NC2CC2)c2ccccc2)c1. The third-order valence-electron chi connectivity index (χ3n) is 4.14. The first-order valence-electron chi connectivity index (χ1n) is 8.94. The highest BCUT2D eigenvalue weighted by Crippen LogP contribution is 2.24. The van der Waals surface area contributed by atoms with Crippen LogP contribution in [0.3, 0.4) is 0 Å². The predicted molar refractivity (Wildman–Crippen MR) is 100 cm³/mol. The molecule has 3 rings (SSSR count). The topological polar surface area (TPSA) is 50.4 Å². The van der Waals surface area contributed by atoms with Gasteiger partial charge < -0.3 is 15.4 Å². The Balaban J connectivity index is 1.75. The second-order valence-corrected chi connectivity index (χ2v) is 6.83. The fourth-order valence-electron chi connectivity index (χ4n) is 2.64.